The molecule has 0 radical (unpaired) electrons. The first-order valence-electron chi connectivity index (χ1n) is 6.24. The Morgan fingerprint density at radius 1 is 1.37 bits per heavy atom. The van der Waals surface area contributed by atoms with Gasteiger partial charge in [-0.3, -0.25) is 9.59 Å². The van der Waals surface area contributed by atoms with E-state index in [1.54, 1.807) is 55.1 Å². The Balaban J connectivity index is 2.21. The van der Waals surface area contributed by atoms with E-state index in [0.29, 0.717) is 24.4 Å². The summed E-state index contributed by atoms with van der Waals surface area (Å²) in [5.74, 6) is 0.481. The van der Waals surface area contributed by atoms with Crippen molar-refractivity contribution in [1.29, 1.82) is 0 Å². The van der Waals surface area contributed by atoms with Crippen molar-refractivity contribution in [2.24, 2.45) is 0 Å². The Bertz CT molecular complexity index is 501. The van der Waals surface area contributed by atoms with E-state index in [1.165, 1.54) is 0 Å². The fraction of sp³-hybridized carbons (Fsp3) is 0.429. The van der Waals surface area contributed by atoms with Crippen LogP contribution in [0.5, 0.6) is 5.75 Å². The van der Waals surface area contributed by atoms with E-state index in [1.807, 2.05) is 0 Å². The summed E-state index contributed by atoms with van der Waals surface area (Å²) in [6, 6.07) is 6.57. The normalized spacial score (nSPS) is 19.5. The van der Waals surface area contributed by atoms with Crippen LogP contribution in [0.15, 0.2) is 24.3 Å². The molecule has 0 spiro atoms. The molecule has 1 aromatic carbocycles. The summed E-state index contributed by atoms with van der Waals surface area (Å²) >= 11 is 0. The number of likely N-dealkylation sites (N-methyl/N-ethyl adjacent to an activating group) is 1. The Labute approximate surface area is 112 Å². The van der Waals surface area contributed by atoms with Crippen molar-refractivity contribution in [1.82, 2.24) is 9.80 Å². The molecule has 0 N–H and O–H groups in total. The maximum Gasteiger partial charge on any atom is 0.254 e. The van der Waals surface area contributed by atoms with Crippen LogP contribution in [0.1, 0.15) is 17.3 Å². The molecule has 1 aliphatic heterocycles. The van der Waals surface area contributed by atoms with Gasteiger partial charge in [-0.25, -0.2) is 0 Å². The van der Waals surface area contributed by atoms with E-state index in [0.717, 1.165) is 0 Å². The molecule has 1 aliphatic rings. The zero-order valence-corrected chi connectivity index (χ0v) is 11.4. The summed E-state index contributed by atoms with van der Waals surface area (Å²) in [4.78, 5) is 27.6. The van der Waals surface area contributed by atoms with Crippen LogP contribution in [-0.4, -0.2) is 54.9 Å². The maximum atomic E-state index is 12.4. The minimum Gasteiger partial charge on any atom is -0.497 e. The smallest absolute Gasteiger partial charge is 0.254 e. The molecule has 5 heteroatoms. The van der Waals surface area contributed by atoms with Gasteiger partial charge in [-0.2, -0.15) is 0 Å². The summed E-state index contributed by atoms with van der Waals surface area (Å²) in [5.41, 5.74) is 0.545. The van der Waals surface area contributed by atoms with Gasteiger partial charge in [0.25, 0.3) is 5.91 Å². The minimum absolute atomic E-state index is 0.0255. The van der Waals surface area contributed by atoms with Crippen LogP contribution in [0.4, 0.5) is 0 Å². The summed E-state index contributed by atoms with van der Waals surface area (Å²) in [6.07, 6.45) is 0. The van der Waals surface area contributed by atoms with Crippen LogP contribution in [0.25, 0.3) is 0 Å². The molecule has 0 saturated carbocycles. The number of amides is 2. The molecule has 0 aromatic heterocycles. The molecule has 1 atom stereocenters. The first-order valence-corrected chi connectivity index (χ1v) is 6.24. The third kappa shape index (κ3) is 2.54. The highest BCUT2D eigenvalue weighted by Crippen LogP contribution is 2.18. The van der Waals surface area contributed by atoms with Gasteiger partial charge in [0.05, 0.1) is 7.11 Å². The van der Waals surface area contributed by atoms with Crippen molar-refractivity contribution < 1.29 is 14.3 Å². The number of hydrogen-bond donors (Lipinski definition) is 0. The van der Waals surface area contributed by atoms with Gasteiger partial charge >= 0.3 is 0 Å². The van der Waals surface area contributed by atoms with Crippen LogP contribution in [0.3, 0.4) is 0 Å². The van der Waals surface area contributed by atoms with Crippen molar-refractivity contribution in [2.45, 2.75) is 13.0 Å². The van der Waals surface area contributed by atoms with E-state index in [2.05, 4.69) is 0 Å². The zero-order chi connectivity index (χ0) is 14.0. The minimum atomic E-state index is -0.419. The van der Waals surface area contributed by atoms with Gasteiger partial charge in [0, 0.05) is 25.7 Å². The number of carbonyl (C=O) groups is 2. The van der Waals surface area contributed by atoms with Crippen LogP contribution in [0.2, 0.25) is 0 Å². The second-order valence-corrected chi connectivity index (χ2v) is 4.67. The average molecular weight is 262 g/mol. The van der Waals surface area contributed by atoms with Crippen molar-refractivity contribution in [3.8, 4) is 5.75 Å². The van der Waals surface area contributed by atoms with Gasteiger partial charge in [-0.1, -0.05) is 6.07 Å². The highest BCUT2D eigenvalue weighted by molar-refractivity contribution is 5.98. The summed E-state index contributed by atoms with van der Waals surface area (Å²) in [5, 5.41) is 0. The monoisotopic (exact) mass is 262 g/mol. The van der Waals surface area contributed by atoms with E-state index >= 15 is 0 Å². The van der Waals surface area contributed by atoms with Crippen molar-refractivity contribution in [3.05, 3.63) is 29.8 Å². The van der Waals surface area contributed by atoms with E-state index in [-0.39, 0.29) is 11.8 Å². The molecule has 19 heavy (non-hydrogen) atoms. The molecule has 1 heterocycles. The van der Waals surface area contributed by atoms with Crippen LogP contribution in [-0.2, 0) is 4.79 Å². The molecule has 1 saturated heterocycles. The molecule has 0 bridgehead atoms. The predicted molar refractivity (Wildman–Crippen MR) is 71.1 cm³/mol. The van der Waals surface area contributed by atoms with E-state index < -0.39 is 6.04 Å². The van der Waals surface area contributed by atoms with Crippen molar-refractivity contribution in [2.75, 3.05) is 27.2 Å². The predicted octanol–water partition coefficient (Wildman–Crippen LogP) is 0.998. The quantitative estimate of drug-likeness (QED) is 0.799. The summed E-state index contributed by atoms with van der Waals surface area (Å²) in [7, 11) is 3.32. The lowest BCUT2D eigenvalue weighted by molar-refractivity contribution is -0.137. The lowest BCUT2D eigenvalue weighted by atomic mass is 10.1. The van der Waals surface area contributed by atoms with Gasteiger partial charge in [0.2, 0.25) is 5.91 Å². The van der Waals surface area contributed by atoms with E-state index in [9.17, 15) is 9.59 Å². The van der Waals surface area contributed by atoms with Crippen LogP contribution >= 0.6 is 0 Å². The lowest BCUT2D eigenvalue weighted by Crippen LogP contribution is -2.56. The Morgan fingerprint density at radius 3 is 2.79 bits per heavy atom. The molecule has 5 nitrogen and oxygen atoms in total. The second kappa shape index (κ2) is 5.30. The third-order valence-corrected chi connectivity index (χ3v) is 3.45. The number of methoxy groups -OCH3 is 1. The van der Waals surface area contributed by atoms with Gasteiger partial charge in [0.1, 0.15) is 11.8 Å². The Morgan fingerprint density at radius 2 is 2.11 bits per heavy atom. The topological polar surface area (TPSA) is 49.9 Å². The van der Waals surface area contributed by atoms with Gasteiger partial charge < -0.3 is 14.5 Å². The number of carbonyl (C=O) groups excluding carboxylic acids is 2. The van der Waals surface area contributed by atoms with Gasteiger partial charge in [0.15, 0.2) is 0 Å². The van der Waals surface area contributed by atoms with Gasteiger partial charge in [-0.15, -0.1) is 0 Å². The second-order valence-electron chi connectivity index (χ2n) is 4.67. The average Bonchev–Trinajstić information content (AvgIpc) is 2.44. The number of rotatable bonds is 2. The molecule has 1 aromatic rings. The van der Waals surface area contributed by atoms with E-state index in [4.69, 9.17) is 4.74 Å². The highest BCUT2D eigenvalue weighted by atomic mass is 16.5. The maximum absolute atomic E-state index is 12.4. The largest absolute Gasteiger partial charge is 0.497 e. The Kier molecular flexibility index (Phi) is 3.74. The molecule has 1 fully saturated rings. The SMILES string of the molecule is COc1cccc(C(=O)N2CCN(C)C(=O)C2C)c1. The number of piperazine rings is 1. The highest BCUT2D eigenvalue weighted by Gasteiger charge is 2.32. The first-order chi connectivity index (χ1) is 9.04. The molecule has 102 valence electrons. The molecule has 2 amide bonds. The summed E-state index contributed by atoms with van der Waals surface area (Å²) < 4.78 is 5.11. The molecule has 0 aliphatic carbocycles. The number of benzene rings is 1. The lowest BCUT2D eigenvalue weighted by Gasteiger charge is -2.37. The van der Waals surface area contributed by atoms with Crippen molar-refractivity contribution >= 4 is 11.8 Å². The third-order valence-electron chi connectivity index (χ3n) is 3.45. The molecular formula is C14H18N2O3. The van der Waals surface area contributed by atoms with Crippen LogP contribution in [0, 0.1) is 0 Å². The number of nitrogens with zero attached hydrogens (tertiary/aromatic N) is 2. The number of ether oxygens (including phenoxy) is 1. The molecule has 1 unspecified atom stereocenters. The van der Waals surface area contributed by atoms with Gasteiger partial charge in [-0.05, 0) is 25.1 Å². The van der Waals surface area contributed by atoms with Crippen LogP contribution < -0.4 is 4.74 Å². The fourth-order valence-electron chi connectivity index (χ4n) is 2.21. The molecule has 2 rings (SSSR count). The molecular weight excluding hydrogens is 244 g/mol. The standard InChI is InChI=1S/C14H18N2O3/c1-10-13(17)15(2)7-8-16(10)14(18)11-5-4-6-12(9-11)19-3/h4-6,9-10H,7-8H2,1-3H3. The Hall–Kier alpha value is -2.04. The first kappa shape index (κ1) is 13.4. The number of hydrogen-bond acceptors (Lipinski definition) is 3. The van der Waals surface area contributed by atoms with Crippen molar-refractivity contribution in [3.63, 3.8) is 0 Å². The fourth-order valence-corrected chi connectivity index (χ4v) is 2.21. The summed E-state index contributed by atoms with van der Waals surface area (Å²) in [6.45, 7) is 2.88. The zero-order valence-electron chi connectivity index (χ0n) is 11.4.